The molecule has 0 aromatic heterocycles. The first kappa shape index (κ1) is 16.5. The first-order valence-electron chi connectivity index (χ1n) is 8.32. The fourth-order valence-electron chi connectivity index (χ4n) is 3.08. The summed E-state index contributed by atoms with van der Waals surface area (Å²) < 4.78 is 0. The van der Waals surface area contributed by atoms with Crippen LogP contribution in [0.2, 0.25) is 0 Å². The van der Waals surface area contributed by atoms with Crippen molar-refractivity contribution in [1.29, 1.82) is 0 Å². The minimum atomic E-state index is 0.585. The summed E-state index contributed by atoms with van der Waals surface area (Å²) in [6.45, 7) is 13.5. The summed E-state index contributed by atoms with van der Waals surface area (Å²) in [6, 6.07) is 9.87. The molecule has 1 aliphatic heterocycles. The molecule has 21 heavy (non-hydrogen) atoms. The molecule has 2 unspecified atom stereocenters. The molecule has 3 heteroatoms. The normalized spacial score (nSPS) is 22.4. The summed E-state index contributed by atoms with van der Waals surface area (Å²) in [5.74, 6) is 0.585. The summed E-state index contributed by atoms with van der Waals surface area (Å²) in [5, 5.41) is 3.42. The van der Waals surface area contributed by atoms with E-state index in [2.05, 4.69) is 67.2 Å². The molecule has 0 bridgehead atoms. The molecule has 1 N–H and O–H groups in total. The van der Waals surface area contributed by atoms with Gasteiger partial charge in [0.2, 0.25) is 0 Å². The lowest BCUT2D eigenvalue weighted by atomic mass is 9.99. The van der Waals surface area contributed by atoms with Crippen LogP contribution in [0.5, 0.6) is 0 Å². The number of hydrogen-bond acceptors (Lipinski definition) is 3. The third-order valence-electron chi connectivity index (χ3n) is 4.60. The summed E-state index contributed by atoms with van der Waals surface area (Å²) in [7, 11) is 2.22. The van der Waals surface area contributed by atoms with Crippen LogP contribution in [0, 0.1) is 0 Å². The quantitative estimate of drug-likeness (QED) is 0.868. The molecular weight excluding hydrogens is 258 g/mol. The van der Waals surface area contributed by atoms with Gasteiger partial charge in [-0.2, -0.15) is 0 Å². The lowest BCUT2D eigenvalue weighted by molar-refractivity contribution is 0.0938. The lowest BCUT2D eigenvalue weighted by Gasteiger charge is -2.38. The van der Waals surface area contributed by atoms with E-state index in [-0.39, 0.29) is 0 Å². The minimum absolute atomic E-state index is 0.585. The standard InChI is InChI=1S/C18H31N3/c1-5-19-12-15(2)18-8-6-17(7-9-18)14-21-11-10-20(4)13-16(21)3/h6-9,15-16,19H,5,10-14H2,1-4H3. The fourth-order valence-corrected chi connectivity index (χ4v) is 3.08. The van der Waals surface area contributed by atoms with Crippen LogP contribution in [-0.2, 0) is 6.54 Å². The molecule has 0 radical (unpaired) electrons. The molecule has 118 valence electrons. The molecule has 0 spiro atoms. The van der Waals surface area contributed by atoms with E-state index in [0.717, 1.165) is 19.6 Å². The van der Waals surface area contributed by atoms with Gasteiger partial charge in [-0.15, -0.1) is 0 Å². The molecular formula is C18H31N3. The lowest BCUT2D eigenvalue weighted by Crippen LogP contribution is -2.49. The van der Waals surface area contributed by atoms with Crippen molar-refractivity contribution in [2.24, 2.45) is 0 Å². The van der Waals surface area contributed by atoms with Crippen molar-refractivity contribution in [1.82, 2.24) is 15.1 Å². The summed E-state index contributed by atoms with van der Waals surface area (Å²) in [4.78, 5) is 5.02. The maximum absolute atomic E-state index is 3.42. The summed E-state index contributed by atoms with van der Waals surface area (Å²) >= 11 is 0. The molecule has 3 nitrogen and oxygen atoms in total. The first-order chi connectivity index (χ1) is 10.1. The highest BCUT2D eigenvalue weighted by molar-refractivity contribution is 5.25. The van der Waals surface area contributed by atoms with Crippen LogP contribution >= 0.6 is 0 Å². The average molecular weight is 289 g/mol. The summed E-state index contributed by atoms with van der Waals surface area (Å²) in [6.07, 6.45) is 0. The van der Waals surface area contributed by atoms with Crippen LogP contribution in [0.4, 0.5) is 0 Å². The average Bonchev–Trinajstić information content (AvgIpc) is 2.48. The van der Waals surface area contributed by atoms with Gasteiger partial charge in [-0.1, -0.05) is 38.1 Å². The Morgan fingerprint density at radius 2 is 1.95 bits per heavy atom. The second-order valence-electron chi connectivity index (χ2n) is 6.53. The zero-order valence-electron chi connectivity index (χ0n) is 14.1. The van der Waals surface area contributed by atoms with Gasteiger partial charge in [0.05, 0.1) is 0 Å². The molecule has 0 saturated carbocycles. The van der Waals surface area contributed by atoms with Gasteiger partial charge in [-0.25, -0.2) is 0 Å². The van der Waals surface area contributed by atoms with Crippen molar-refractivity contribution in [3.63, 3.8) is 0 Å². The van der Waals surface area contributed by atoms with E-state index >= 15 is 0 Å². The van der Waals surface area contributed by atoms with Crippen molar-refractivity contribution < 1.29 is 0 Å². The van der Waals surface area contributed by atoms with Gasteiger partial charge in [-0.3, -0.25) is 4.90 Å². The Morgan fingerprint density at radius 3 is 2.57 bits per heavy atom. The Kier molecular flexibility index (Phi) is 6.22. The molecule has 0 amide bonds. The van der Waals surface area contributed by atoms with Gasteiger partial charge in [0, 0.05) is 38.8 Å². The third-order valence-corrected chi connectivity index (χ3v) is 4.60. The van der Waals surface area contributed by atoms with Gasteiger partial charge in [0.15, 0.2) is 0 Å². The second-order valence-corrected chi connectivity index (χ2v) is 6.53. The topological polar surface area (TPSA) is 18.5 Å². The zero-order valence-corrected chi connectivity index (χ0v) is 14.1. The molecule has 1 aromatic carbocycles. The Labute approximate surface area is 130 Å². The van der Waals surface area contributed by atoms with Gasteiger partial charge < -0.3 is 10.2 Å². The van der Waals surface area contributed by atoms with Crippen molar-refractivity contribution in [2.45, 2.75) is 39.3 Å². The molecule has 1 aromatic rings. The molecule has 1 saturated heterocycles. The monoisotopic (exact) mass is 289 g/mol. The van der Waals surface area contributed by atoms with E-state index < -0.39 is 0 Å². The highest BCUT2D eigenvalue weighted by Crippen LogP contribution is 2.17. The summed E-state index contributed by atoms with van der Waals surface area (Å²) in [5.41, 5.74) is 2.87. The predicted molar refractivity (Wildman–Crippen MR) is 90.8 cm³/mol. The molecule has 1 heterocycles. The fraction of sp³-hybridized carbons (Fsp3) is 0.667. The molecule has 1 aliphatic rings. The highest BCUT2D eigenvalue weighted by Gasteiger charge is 2.21. The van der Waals surface area contributed by atoms with E-state index in [1.807, 2.05) is 0 Å². The van der Waals surface area contributed by atoms with Gasteiger partial charge in [0.25, 0.3) is 0 Å². The minimum Gasteiger partial charge on any atom is -0.316 e. The van der Waals surface area contributed by atoms with Crippen molar-refractivity contribution in [3.8, 4) is 0 Å². The number of benzene rings is 1. The van der Waals surface area contributed by atoms with Gasteiger partial charge >= 0.3 is 0 Å². The Morgan fingerprint density at radius 1 is 1.24 bits per heavy atom. The Balaban J connectivity index is 1.90. The van der Waals surface area contributed by atoms with Crippen LogP contribution in [-0.4, -0.2) is 55.6 Å². The SMILES string of the molecule is CCNCC(C)c1ccc(CN2CCN(C)CC2C)cc1. The van der Waals surface area contributed by atoms with E-state index in [1.165, 1.54) is 30.8 Å². The van der Waals surface area contributed by atoms with Crippen molar-refractivity contribution in [2.75, 3.05) is 39.8 Å². The molecule has 2 atom stereocenters. The van der Waals surface area contributed by atoms with Gasteiger partial charge in [0.1, 0.15) is 0 Å². The van der Waals surface area contributed by atoms with E-state index in [9.17, 15) is 0 Å². The van der Waals surface area contributed by atoms with Crippen molar-refractivity contribution in [3.05, 3.63) is 35.4 Å². The number of likely N-dealkylation sites (N-methyl/N-ethyl adjacent to an activating group) is 2. The maximum atomic E-state index is 3.42. The largest absolute Gasteiger partial charge is 0.316 e. The van der Waals surface area contributed by atoms with Crippen LogP contribution in [0.1, 0.15) is 37.8 Å². The van der Waals surface area contributed by atoms with E-state index in [1.54, 1.807) is 0 Å². The third kappa shape index (κ3) is 4.80. The molecule has 2 rings (SSSR count). The number of nitrogens with zero attached hydrogens (tertiary/aromatic N) is 2. The molecule has 1 fully saturated rings. The first-order valence-corrected chi connectivity index (χ1v) is 8.32. The number of rotatable bonds is 6. The highest BCUT2D eigenvalue weighted by atomic mass is 15.3. The Hall–Kier alpha value is -0.900. The van der Waals surface area contributed by atoms with Crippen LogP contribution in [0.25, 0.3) is 0 Å². The second kappa shape index (κ2) is 7.92. The zero-order chi connectivity index (χ0) is 15.2. The molecule has 0 aliphatic carbocycles. The van der Waals surface area contributed by atoms with E-state index in [4.69, 9.17) is 0 Å². The van der Waals surface area contributed by atoms with Crippen LogP contribution < -0.4 is 5.32 Å². The van der Waals surface area contributed by atoms with Crippen LogP contribution in [0.3, 0.4) is 0 Å². The number of hydrogen-bond donors (Lipinski definition) is 1. The van der Waals surface area contributed by atoms with Crippen LogP contribution in [0.15, 0.2) is 24.3 Å². The smallest absolute Gasteiger partial charge is 0.0237 e. The number of nitrogens with one attached hydrogen (secondary N) is 1. The maximum Gasteiger partial charge on any atom is 0.0237 e. The van der Waals surface area contributed by atoms with Gasteiger partial charge in [-0.05, 0) is 37.6 Å². The Bertz CT molecular complexity index is 415. The number of piperazine rings is 1. The van der Waals surface area contributed by atoms with E-state index in [0.29, 0.717) is 12.0 Å². The predicted octanol–water partition coefficient (Wildman–Crippen LogP) is 2.54. The van der Waals surface area contributed by atoms with Crippen molar-refractivity contribution >= 4 is 0 Å².